The summed E-state index contributed by atoms with van der Waals surface area (Å²) in [4.78, 5) is 11.7. The van der Waals surface area contributed by atoms with Gasteiger partial charge in [0, 0.05) is 20.1 Å². The van der Waals surface area contributed by atoms with Crippen molar-refractivity contribution >= 4 is 15.6 Å². The smallest absolute Gasteiger partial charge is 0.408 e. The SMILES string of the molecule is COCCOc1ccc([C@@H]2OC(=O)N[C@H]2COCCC(C)(C)[SiH+]C)cc1. The number of hydrogen-bond donors (Lipinski definition) is 1. The molecule has 2 atom stereocenters. The molecule has 7 heteroatoms. The number of methoxy groups -OCH3 is 1. The largest absolute Gasteiger partial charge is 0.491 e. The van der Waals surface area contributed by atoms with Gasteiger partial charge in [0.25, 0.3) is 0 Å². The average Bonchev–Trinajstić information content (AvgIpc) is 3.00. The van der Waals surface area contributed by atoms with Crippen molar-refractivity contribution in [3.05, 3.63) is 29.8 Å². The molecule has 1 heterocycles. The minimum absolute atomic E-state index is 0.181. The van der Waals surface area contributed by atoms with Gasteiger partial charge in [0.2, 0.25) is 0 Å². The molecule has 0 aromatic heterocycles. The Morgan fingerprint density at radius 1 is 1.19 bits per heavy atom. The Kier molecular flexibility index (Phi) is 7.93. The molecule has 1 saturated heterocycles. The van der Waals surface area contributed by atoms with Crippen LogP contribution in [0.5, 0.6) is 5.75 Å². The summed E-state index contributed by atoms with van der Waals surface area (Å²) in [5.41, 5.74) is 0.925. The first-order valence-corrected chi connectivity index (χ1v) is 10.8. The van der Waals surface area contributed by atoms with Crippen molar-refractivity contribution in [3.8, 4) is 5.75 Å². The first kappa shape index (κ1) is 20.7. The number of alkyl carbamates (subject to hydrolysis) is 1. The van der Waals surface area contributed by atoms with Crippen LogP contribution in [0.4, 0.5) is 4.79 Å². The van der Waals surface area contributed by atoms with E-state index in [1.165, 1.54) is 0 Å². The highest BCUT2D eigenvalue weighted by molar-refractivity contribution is 6.37. The molecule has 1 aromatic rings. The van der Waals surface area contributed by atoms with Crippen molar-refractivity contribution in [2.75, 3.05) is 33.5 Å². The van der Waals surface area contributed by atoms with Crippen LogP contribution in [0.25, 0.3) is 0 Å². The molecule has 1 aliphatic heterocycles. The number of hydrogen-bond acceptors (Lipinski definition) is 5. The zero-order chi connectivity index (χ0) is 19.0. The van der Waals surface area contributed by atoms with Gasteiger partial charge in [-0.25, -0.2) is 4.79 Å². The summed E-state index contributed by atoms with van der Waals surface area (Å²) in [6.07, 6.45) is 0.279. The lowest BCUT2D eigenvalue weighted by atomic mass is 10.0. The standard InChI is InChI=1S/C19H29NO5Si/c1-19(2,26-4)9-10-23-13-16-17(25-18(21)20-16)14-5-7-15(8-6-14)24-12-11-22-3/h5-8,16-17,26H,9-13H2,1-4H3/p+1/t16-,17-/m0/s1. The molecular weight excluding hydrogens is 350 g/mol. The van der Waals surface area contributed by atoms with Gasteiger partial charge < -0.3 is 24.3 Å². The van der Waals surface area contributed by atoms with E-state index >= 15 is 0 Å². The minimum atomic E-state index is -0.401. The van der Waals surface area contributed by atoms with Gasteiger partial charge in [-0.15, -0.1) is 0 Å². The first-order chi connectivity index (χ1) is 12.4. The summed E-state index contributed by atoms with van der Waals surface area (Å²) >= 11 is 0. The number of cyclic esters (lactones) is 1. The quantitative estimate of drug-likeness (QED) is 0.472. The maximum absolute atomic E-state index is 11.7. The van der Waals surface area contributed by atoms with Crippen molar-refractivity contribution in [2.45, 2.75) is 44.0 Å². The van der Waals surface area contributed by atoms with Gasteiger partial charge in [-0.05, 0) is 31.5 Å². The number of nitrogens with one attached hydrogen (secondary N) is 1. The fourth-order valence-electron chi connectivity index (χ4n) is 2.57. The number of rotatable bonds is 11. The van der Waals surface area contributed by atoms with E-state index < -0.39 is 6.09 Å². The zero-order valence-electron chi connectivity index (χ0n) is 16.1. The Balaban J connectivity index is 1.87. The Hall–Kier alpha value is -1.57. The number of amides is 1. The van der Waals surface area contributed by atoms with Crippen LogP contribution in [-0.4, -0.2) is 55.2 Å². The maximum Gasteiger partial charge on any atom is 0.408 e. The van der Waals surface area contributed by atoms with E-state index in [-0.39, 0.29) is 12.1 Å². The lowest BCUT2D eigenvalue weighted by molar-refractivity contribution is 0.0757. The summed E-state index contributed by atoms with van der Waals surface area (Å²) < 4.78 is 21.8. The average molecular weight is 381 g/mol. The molecule has 2 rings (SSSR count). The van der Waals surface area contributed by atoms with Gasteiger partial charge in [-0.3, -0.25) is 0 Å². The van der Waals surface area contributed by atoms with Crippen LogP contribution in [0.15, 0.2) is 24.3 Å². The van der Waals surface area contributed by atoms with Crippen molar-refractivity contribution < 1.29 is 23.7 Å². The summed E-state index contributed by atoms with van der Waals surface area (Å²) in [6, 6.07) is 7.41. The lowest BCUT2D eigenvalue weighted by Crippen LogP contribution is -2.33. The molecule has 0 saturated carbocycles. The van der Waals surface area contributed by atoms with Crippen LogP contribution >= 0.6 is 0 Å². The Labute approximate surface area is 158 Å². The van der Waals surface area contributed by atoms with Crippen LogP contribution in [0.1, 0.15) is 31.9 Å². The number of carbonyl (C=O) groups excluding carboxylic acids is 1. The van der Waals surface area contributed by atoms with Crippen molar-refractivity contribution in [3.63, 3.8) is 0 Å². The topological polar surface area (TPSA) is 66.0 Å². The van der Waals surface area contributed by atoms with Crippen molar-refractivity contribution in [1.29, 1.82) is 0 Å². The summed E-state index contributed by atoms with van der Waals surface area (Å²) in [5, 5.41) is 3.20. The van der Waals surface area contributed by atoms with E-state index in [0.29, 0.717) is 41.0 Å². The minimum Gasteiger partial charge on any atom is -0.491 e. The Morgan fingerprint density at radius 2 is 1.92 bits per heavy atom. The van der Waals surface area contributed by atoms with Gasteiger partial charge in [-0.2, -0.15) is 0 Å². The van der Waals surface area contributed by atoms with E-state index in [4.69, 9.17) is 18.9 Å². The third-order valence-corrected chi connectivity index (χ3v) is 6.49. The van der Waals surface area contributed by atoms with E-state index in [1.807, 2.05) is 24.3 Å². The predicted octanol–water partition coefficient (Wildman–Crippen LogP) is 2.95. The fourth-order valence-corrected chi connectivity index (χ4v) is 2.98. The number of carbonyl (C=O) groups is 1. The Bertz CT molecular complexity index is 564. The predicted molar refractivity (Wildman–Crippen MR) is 102 cm³/mol. The van der Waals surface area contributed by atoms with Gasteiger partial charge in [-0.1, -0.05) is 12.1 Å². The molecule has 1 N–H and O–H groups in total. The molecule has 1 amide bonds. The molecule has 1 aromatic carbocycles. The molecule has 0 spiro atoms. The second-order valence-corrected chi connectivity index (χ2v) is 9.23. The van der Waals surface area contributed by atoms with E-state index in [2.05, 4.69) is 25.7 Å². The molecule has 1 fully saturated rings. The Morgan fingerprint density at radius 3 is 2.58 bits per heavy atom. The van der Waals surface area contributed by atoms with Gasteiger partial charge in [0.15, 0.2) is 6.10 Å². The van der Waals surface area contributed by atoms with Gasteiger partial charge >= 0.3 is 15.6 Å². The molecule has 0 bridgehead atoms. The maximum atomic E-state index is 11.7. The summed E-state index contributed by atoms with van der Waals surface area (Å²) in [7, 11) is 2.04. The molecule has 0 aliphatic carbocycles. The number of benzene rings is 1. The van der Waals surface area contributed by atoms with Crippen LogP contribution < -0.4 is 10.1 Å². The highest BCUT2D eigenvalue weighted by Gasteiger charge is 2.35. The molecule has 0 unspecified atom stereocenters. The van der Waals surface area contributed by atoms with Crippen LogP contribution in [0.2, 0.25) is 11.6 Å². The third-order valence-electron chi connectivity index (χ3n) is 4.64. The van der Waals surface area contributed by atoms with Crippen LogP contribution in [0.3, 0.4) is 0 Å². The second-order valence-electron chi connectivity index (χ2n) is 7.09. The van der Waals surface area contributed by atoms with Crippen molar-refractivity contribution in [2.24, 2.45) is 0 Å². The van der Waals surface area contributed by atoms with E-state index in [0.717, 1.165) is 17.7 Å². The van der Waals surface area contributed by atoms with E-state index in [9.17, 15) is 4.79 Å². The second kappa shape index (κ2) is 9.94. The first-order valence-electron chi connectivity index (χ1n) is 9.02. The van der Waals surface area contributed by atoms with E-state index in [1.54, 1.807) is 7.11 Å². The highest BCUT2D eigenvalue weighted by atomic mass is 28.2. The molecule has 26 heavy (non-hydrogen) atoms. The van der Waals surface area contributed by atoms with Crippen LogP contribution in [-0.2, 0) is 14.2 Å². The van der Waals surface area contributed by atoms with Gasteiger partial charge in [0.1, 0.15) is 12.4 Å². The van der Waals surface area contributed by atoms with Gasteiger partial charge in [0.05, 0.1) is 30.8 Å². The molecule has 6 nitrogen and oxygen atoms in total. The molecule has 144 valence electrons. The number of ether oxygens (including phenoxy) is 4. The normalized spacial score (nSPS) is 19.8. The third kappa shape index (κ3) is 6.30. The molecular formula is C19H30NO5Si+. The van der Waals surface area contributed by atoms with Crippen LogP contribution in [0, 0.1) is 0 Å². The fraction of sp³-hybridized carbons (Fsp3) is 0.632. The zero-order valence-corrected chi connectivity index (χ0v) is 17.3. The molecule has 1 aliphatic rings. The summed E-state index contributed by atoms with van der Waals surface area (Å²) in [5.74, 6) is 0.764. The monoisotopic (exact) mass is 380 g/mol. The molecule has 0 radical (unpaired) electrons. The summed E-state index contributed by atoms with van der Waals surface area (Å²) in [6.45, 7) is 8.99. The highest BCUT2D eigenvalue weighted by Crippen LogP contribution is 2.29. The lowest BCUT2D eigenvalue weighted by Gasteiger charge is -2.19. The van der Waals surface area contributed by atoms with Crippen molar-refractivity contribution in [1.82, 2.24) is 5.32 Å².